The first kappa shape index (κ1) is 23.6. The number of anilines is 1. The fourth-order valence-corrected chi connectivity index (χ4v) is 3.90. The molecule has 0 saturated heterocycles. The number of halogens is 1. The van der Waals surface area contributed by atoms with Gasteiger partial charge in [-0.25, -0.2) is 13.1 Å². The van der Waals surface area contributed by atoms with Crippen molar-refractivity contribution in [1.82, 2.24) is 10.0 Å². The van der Waals surface area contributed by atoms with Gasteiger partial charge >= 0.3 is 11.8 Å². The predicted molar refractivity (Wildman–Crippen MR) is 119 cm³/mol. The van der Waals surface area contributed by atoms with Crippen LogP contribution in [0.3, 0.4) is 0 Å². The maximum absolute atomic E-state index is 12.3. The van der Waals surface area contributed by atoms with Crippen molar-refractivity contribution in [2.45, 2.75) is 25.1 Å². The quantitative estimate of drug-likeness (QED) is 0.404. The van der Waals surface area contributed by atoms with Crippen LogP contribution in [0.4, 0.5) is 5.69 Å². The van der Waals surface area contributed by atoms with E-state index < -0.39 is 21.8 Å². The molecule has 0 bridgehead atoms. The lowest BCUT2D eigenvalue weighted by Gasteiger charge is -2.17. The van der Waals surface area contributed by atoms with Gasteiger partial charge in [0.2, 0.25) is 10.0 Å². The summed E-state index contributed by atoms with van der Waals surface area (Å²) in [5.41, 5.74) is 1.77. The van der Waals surface area contributed by atoms with Crippen LogP contribution >= 0.6 is 11.6 Å². The summed E-state index contributed by atoms with van der Waals surface area (Å²) in [5, 5.41) is 5.79. The Hall–Kier alpha value is -2.68. The molecule has 0 aliphatic rings. The van der Waals surface area contributed by atoms with E-state index in [0.29, 0.717) is 22.7 Å². The van der Waals surface area contributed by atoms with Crippen LogP contribution in [-0.2, 0) is 25.4 Å². The van der Waals surface area contributed by atoms with Crippen molar-refractivity contribution in [2.75, 3.05) is 11.9 Å². The summed E-state index contributed by atoms with van der Waals surface area (Å²) in [4.78, 5) is 24.5. The molecular formula is C21H24ClN3O4S. The summed E-state index contributed by atoms with van der Waals surface area (Å²) in [5.74, 6) is -1.78. The fraction of sp³-hybridized carbons (Fsp3) is 0.238. The first-order valence-electron chi connectivity index (χ1n) is 9.28. The lowest BCUT2D eigenvalue weighted by Crippen LogP contribution is -2.37. The SMILES string of the molecule is C=CCNS(=O)(=O)Cc1ccc(NC(=O)C(=O)NC(CC)c2ccc(Cl)cc2)cc1. The second-order valence-electron chi connectivity index (χ2n) is 6.53. The molecule has 0 spiro atoms. The Labute approximate surface area is 181 Å². The van der Waals surface area contributed by atoms with Gasteiger partial charge in [-0.1, -0.05) is 48.9 Å². The molecule has 2 aromatic rings. The highest BCUT2D eigenvalue weighted by Gasteiger charge is 2.19. The Kier molecular flexibility index (Phi) is 8.58. The molecule has 7 nitrogen and oxygen atoms in total. The van der Waals surface area contributed by atoms with Gasteiger partial charge in [-0.2, -0.15) is 0 Å². The molecular weight excluding hydrogens is 426 g/mol. The highest BCUT2D eigenvalue weighted by molar-refractivity contribution is 7.88. The van der Waals surface area contributed by atoms with E-state index in [-0.39, 0.29) is 18.3 Å². The van der Waals surface area contributed by atoms with Crippen LogP contribution in [0.1, 0.15) is 30.5 Å². The summed E-state index contributed by atoms with van der Waals surface area (Å²) in [6.45, 7) is 5.51. The second kappa shape index (κ2) is 10.9. The molecule has 0 fully saturated rings. The minimum Gasteiger partial charge on any atom is -0.341 e. The van der Waals surface area contributed by atoms with E-state index in [1.807, 2.05) is 6.92 Å². The molecule has 0 aromatic heterocycles. The molecule has 160 valence electrons. The predicted octanol–water partition coefficient (Wildman–Crippen LogP) is 3.15. The number of carbonyl (C=O) groups is 2. The Morgan fingerprint density at radius 2 is 1.70 bits per heavy atom. The highest BCUT2D eigenvalue weighted by Crippen LogP contribution is 2.19. The molecule has 2 amide bonds. The maximum atomic E-state index is 12.3. The molecule has 0 radical (unpaired) electrons. The third kappa shape index (κ3) is 7.29. The maximum Gasteiger partial charge on any atom is 0.313 e. The number of hydrogen-bond donors (Lipinski definition) is 3. The van der Waals surface area contributed by atoms with E-state index in [4.69, 9.17) is 11.6 Å². The van der Waals surface area contributed by atoms with Crippen LogP contribution in [0, 0.1) is 0 Å². The average Bonchev–Trinajstić information content (AvgIpc) is 2.72. The molecule has 0 aliphatic heterocycles. The van der Waals surface area contributed by atoms with Crippen LogP contribution in [0.5, 0.6) is 0 Å². The molecule has 30 heavy (non-hydrogen) atoms. The Morgan fingerprint density at radius 3 is 2.27 bits per heavy atom. The monoisotopic (exact) mass is 449 g/mol. The zero-order valence-electron chi connectivity index (χ0n) is 16.5. The number of rotatable bonds is 9. The van der Waals surface area contributed by atoms with E-state index in [1.165, 1.54) is 6.08 Å². The molecule has 9 heteroatoms. The summed E-state index contributed by atoms with van der Waals surface area (Å²) in [7, 11) is -3.47. The number of hydrogen-bond acceptors (Lipinski definition) is 4. The van der Waals surface area contributed by atoms with Crippen molar-refractivity contribution in [3.8, 4) is 0 Å². The van der Waals surface area contributed by atoms with E-state index in [9.17, 15) is 18.0 Å². The summed E-state index contributed by atoms with van der Waals surface area (Å²) in [6.07, 6.45) is 2.06. The third-order valence-corrected chi connectivity index (χ3v) is 5.78. The van der Waals surface area contributed by atoms with Gasteiger partial charge in [0.05, 0.1) is 11.8 Å². The molecule has 0 saturated carbocycles. The first-order valence-corrected chi connectivity index (χ1v) is 11.3. The largest absolute Gasteiger partial charge is 0.341 e. The van der Waals surface area contributed by atoms with E-state index in [2.05, 4.69) is 21.9 Å². The molecule has 2 aromatic carbocycles. The lowest BCUT2D eigenvalue weighted by molar-refractivity contribution is -0.136. The summed E-state index contributed by atoms with van der Waals surface area (Å²) < 4.78 is 26.2. The zero-order valence-corrected chi connectivity index (χ0v) is 18.1. The van der Waals surface area contributed by atoms with Crippen molar-refractivity contribution in [3.05, 3.63) is 77.3 Å². The van der Waals surface area contributed by atoms with Crippen LogP contribution in [0.25, 0.3) is 0 Å². The van der Waals surface area contributed by atoms with Gasteiger partial charge < -0.3 is 10.6 Å². The van der Waals surface area contributed by atoms with Crippen molar-refractivity contribution < 1.29 is 18.0 Å². The van der Waals surface area contributed by atoms with Crippen LogP contribution in [-0.4, -0.2) is 26.8 Å². The van der Waals surface area contributed by atoms with Crippen LogP contribution in [0.15, 0.2) is 61.2 Å². The van der Waals surface area contributed by atoms with Crippen LogP contribution < -0.4 is 15.4 Å². The summed E-state index contributed by atoms with van der Waals surface area (Å²) in [6, 6.07) is 12.9. The van der Waals surface area contributed by atoms with E-state index in [0.717, 1.165) is 5.56 Å². The van der Waals surface area contributed by atoms with E-state index >= 15 is 0 Å². The fourth-order valence-electron chi connectivity index (χ4n) is 2.67. The average molecular weight is 450 g/mol. The minimum atomic E-state index is -3.47. The van der Waals surface area contributed by atoms with Gasteiger partial charge in [0.15, 0.2) is 0 Å². The topological polar surface area (TPSA) is 104 Å². The Morgan fingerprint density at radius 1 is 1.07 bits per heavy atom. The lowest BCUT2D eigenvalue weighted by atomic mass is 10.0. The normalized spacial score (nSPS) is 12.1. The Bertz CT molecular complexity index is 990. The van der Waals surface area contributed by atoms with Gasteiger partial charge in [0.25, 0.3) is 0 Å². The van der Waals surface area contributed by atoms with Gasteiger partial charge in [-0.3, -0.25) is 9.59 Å². The van der Waals surface area contributed by atoms with E-state index in [1.54, 1.807) is 48.5 Å². The molecule has 1 atom stereocenters. The second-order valence-corrected chi connectivity index (χ2v) is 8.78. The van der Waals surface area contributed by atoms with Gasteiger partial charge in [0, 0.05) is 17.3 Å². The number of amides is 2. The van der Waals surface area contributed by atoms with Crippen molar-refractivity contribution in [1.29, 1.82) is 0 Å². The standard InChI is InChI=1S/C21H24ClN3O4S/c1-3-13-23-30(28,29)14-15-5-11-18(12-6-15)24-20(26)21(27)25-19(4-2)16-7-9-17(22)10-8-16/h3,5-12,19,23H,1,4,13-14H2,2H3,(H,24,26)(H,25,27). The van der Waals surface area contributed by atoms with Crippen molar-refractivity contribution in [3.63, 3.8) is 0 Å². The highest BCUT2D eigenvalue weighted by atomic mass is 35.5. The molecule has 1 unspecified atom stereocenters. The molecule has 2 rings (SSSR count). The van der Waals surface area contributed by atoms with Crippen molar-refractivity contribution in [2.24, 2.45) is 0 Å². The first-order chi connectivity index (χ1) is 14.2. The van der Waals surface area contributed by atoms with Gasteiger partial charge in [-0.15, -0.1) is 6.58 Å². The van der Waals surface area contributed by atoms with Gasteiger partial charge in [0.1, 0.15) is 0 Å². The summed E-state index contributed by atoms with van der Waals surface area (Å²) >= 11 is 5.88. The Balaban J connectivity index is 1.95. The van der Waals surface area contributed by atoms with Gasteiger partial charge in [-0.05, 0) is 41.8 Å². The zero-order chi connectivity index (χ0) is 22.1. The number of carbonyl (C=O) groups excluding carboxylic acids is 2. The smallest absolute Gasteiger partial charge is 0.313 e. The number of benzene rings is 2. The number of nitrogens with one attached hydrogen (secondary N) is 3. The molecule has 0 heterocycles. The third-order valence-electron chi connectivity index (χ3n) is 4.21. The minimum absolute atomic E-state index is 0.153. The molecule has 0 aliphatic carbocycles. The molecule has 3 N–H and O–H groups in total. The number of sulfonamides is 1. The van der Waals surface area contributed by atoms with Crippen LogP contribution in [0.2, 0.25) is 5.02 Å². The van der Waals surface area contributed by atoms with Crippen molar-refractivity contribution >= 4 is 39.1 Å².